The van der Waals surface area contributed by atoms with Gasteiger partial charge in [0.25, 0.3) is 0 Å². The Bertz CT molecular complexity index is 586. The lowest BCUT2D eigenvalue weighted by atomic mass is 10.2. The lowest BCUT2D eigenvalue weighted by molar-refractivity contribution is 0.0332. The van der Waals surface area contributed by atoms with Crippen molar-refractivity contribution in [1.29, 1.82) is 0 Å². The molecule has 0 aliphatic rings. The monoisotopic (exact) mass is 346 g/mol. The van der Waals surface area contributed by atoms with Crippen LogP contribution in [-0.2, 0) is 22.6 Å². The van der Waals surface area contributed by atoms with E-state index in [4.69, 9.17) is 9.47 Å². The van der Waals surface area contributed by atoms with Gasteiger partial charge in [0.15, 0.2) is 0 Å². The number of nitrogens with zero attached hydrogens (tertiary/aromatic N) is 2. The highest BCUT2D eigenvalue weighted by atomic mass is 16.5. The van der Waals surface area contributed by atoms with Crippen molar-refractivity contribution in [3.05, 3.63) is 59.9 Å². The van der Waals surface area contributed by atoms with Crippen LogP contribution in [0.2, 0.25) is 0 Å². The van der Waals surface area contributed by atoms with Crippen LogP contribution in [0.5, 0.6) is 0 Å². The van der Waals surface area contributed by atoms with Crippen LogP contribution in [0.4, 0.5) is 0 Å². The third kappa shape index (κ3) is 7.00. The fraction of sp³-hybridized carbons (Fsp3) is 0.500. The van der Waals surface area contributed by atoms with E-state index in [9.17, 15) is 5.11 Å². The van der Waals surface area contributed by atoms with E-state index in [0.29, 0.717) is 13.2 Å². The Labute approximate surface area is 150 Å². The Morgan fingerprint density at radius 3 is 2.60 bits per heavy atom. The molecule has 0 aliphatic heterocycles. The lowest BCUT2D eigenvalue weighted by Crippen LogP contribution is -2.36. The smallest absolute Gasteiger partial charge is 0.0900 e. The van der Waals surface area contributed by atoms with E-state index in [2.05, 4.69) is 52.1 Å². The van der Waals surface area contributed by atoms with Crippen LogP contribution in [0.25, 0.3) is 0 Å². The van der Waals surface area contributed by atoms with Crippen LogP contribution in [0.3, 0.4) is 0 Å². The van der Waals surface area contributed by atoms with E-state index in [1.54, 1.807) is 14.2 Å². The molecule has 0 saturated heterocycles. The average molecular weight is 346 g/mol. The van der Waals surface area contributed by atoms with Crippen LogP contribution in [0.1, 0.15) is 17.7 Å². The van der Waals surface area contributed by atoms with Gasteiger partial charge >= 0.3 is 0 Å². The molecule has 2 rings (SSSR count). The standard InChI is InChI=1S/C20H30N2O3/c1-24-13-7-11-21(16-20(23)17-25-2)15-19-10-6-12-22(19)14-18-8-4-3-5-9-18/h3-6,8-10,12,20,23H,7,11,13-17H2,1-2H3. The molecule has 1 unspecified atom stereocenters. The van der Waals surface area contributed by atoms with E-state index in [1.807, 2.05) is 6.07 Å². The topological polar surface area (TPSA) is 46.9 Å². The van der Waals surface area contributed by atoms with Crippen LogP contribution >= 0.6 is 0 Å². The van der Waals surface area contributed by atoms with Crippen LogP contribution < -0.4 is 0 Å². The molecule has 0 aliphatic carbocycles. The first-order valence-corrected chi connectivity index (χ1v) is 8.79. The summed E-state index contributed by atoms with van der Waals surface area (Å²) in [6, 6.07) is 14.7. The molecule has 1 heterocycles. The van der Waals surface area contributed by atoms with Gasteiger partial charge in [0, 0.05) is 58.9 Å². The highest BCUT2D eigenvalue weighted by molar-refractivity contribution is 5.17. The third-order valence-electron chi connectivity index (χ3n) is 4.16. The molecule has 0 spiro atoms. The fourth-order valence-electron chi connectivity index (χ4n) is 2.97. The number of benzene rings is 1. The van der Waals surface area contributed by atoms with Crippen molar-refractivity contribution >= 4 is 0 Å². The van der Waals surface area contributed by atoms with E-state index >= 15 is 0 Å². The van der Waals surface area contributed by atoms with Crippen molar-refractivity contribution in [3.63, 3.8) is 0 Å². The molecular formula is C20H30N2O3. The van der Waals surface area contributed by atoms with Gasteiger partial charge in [-0.15, -0.1) is 0 Å². The van der Waals surface area contributed by atoms with Gasteiger partial charge in [-0.05, 0) is 24.1 Å². The van der Waals surface area contributed by atoms with E-state index < -0.39 is 6.10 Å². The number of aliphatic hydroxyl groups is 1. The summed E-state index contributed by atoms with van der Waals surface area (Å²) in [7, 11) is 3.33. The molecule has 0 amide bonds. The zero-order valence-corrected chi connectivity index (χ0v) is 15.3. The van der Waals surface area contributed by atoms with Gasteiger partial charge in [-0.25, -0.2) is 0 Å². The maximum atomic E-state index is 10.1. The summed E-state index contributed by atoms with van der Waals surface area (Å²) in [5, 5.41) is 10.1. The summed E-state index contributed by atoms with van der Waals surface area (Å²) in [4.78, 5) is 2.26. The Hall–Kier alpha value is -1.66. The second kappa shape index (κ2) is 11.1. The molecule has 5 heteroatoms. The van der Waals surface area contributed by atoms with Crippen LogP contribution in [0, 0.1) is 0 Å². The summed E-state index contributed by atoms with van der Waals surface area (Å²) < 4.78 is 12.5. The minimum atomic E-state index is -0.481. The van der Waals surface area contributed by atoms with Gasteiger partial charge in [0.1, 0.15) is 0 Å². The summed E-state index contributed by atoms with van der Waals surface area (Å²) in [6.07, 6.45) is 2.57. The number of hydrogen-bond donors (Lipinski definition) is 1. The van der Waals surface area contributed by atoms with Gasteiger partial charge in [-0.1, -0.05) is 30.3 Å². The fourth-order valence-corrected chi connectivity index (χ4v) is 2.97. The first kappa shape index (κ1) is 19.7. The van der Waals surface area contributed by atoms with Crippen molar-refractivity contribution < 1.29 is 14.6 Å². The molecule has 138 valence electrons. The summed E-state index contributed by atoms with van der Waals surface area (Å²) in [6.45, 7) is 4.20. The molecule has 0 fully saturated rings. The van der Waals surface area contributed by atoms with E-state index in [-0.39, 0.29) is 0 Å². The van der Waals surface area contributed by atoms with Gasteiger partial charge in [0.2, 0.25) is 0 Å². The number of hydrogen-bond acceptors (Lipinski definition) is 4. The van der Waals surface area contributed by atoms with Crippen molar-refractivity contribution in [2.45, 2.75) is 25.6 Å². The molecule has 5 nitrogen and oxygen atoms in total. The second-order valence-corrected chi connectivity index (χ2v) is 6.30. The van der Waals surface area contributed by atoms with Gasteiger partial charge in [0.05, 0.1) is 12.7 Å². The first-order chi connectivity index (χ1) is 12.2. The summed E-state index contributed by atoms with van der Waals surface area (Å²) in [5.41, 5.74) is 2.52. The number of aromatic nitrogens is 1. The Morgan fingerprint density at radius 1 is 1.08 bits per heavy atom. The quantitative estimate of drug-likeness (QED) is 0.600. The van der Waals surface area contributed by atoms with Gasteiger partial charge in [-0.2, -0.15) is 0 Å². The normalized spacial score (nSPS) is 12.6. The zero-order valence-electron chi connectivity index (χ0n) is 15.3. The largest absolute Gasteiger partial charge is 0.389 e. The van der Waals surface area contributed by atoms with Crippen LogP contribution in [0.15, 0.2) is 48.7 Å². The van der Waals surface area contributed by atoms with Gasteiger partial charge < -0.3 is 19.1 Å². The Balaban J connectivity index is 2.00. The number of methoxy groups -OCH3 is 2. The predicted molar refractivity (Wildman–Crippen MR) is 99.6 cm³/mol. The molecule has 25 heavy (non-hydrogen) atoms. The maximum absolute atomic E-state index is 10.1. The molecule has 1 aromatic carbocycles. The highest BCUT2D eigenvalue weighted by Gasteiger charge is 2.14. The summed E-state index contributed by atoms with van der Waals surface area (Å²) >= 11 is 0. The second-order valence-electron chi connectivity index (χ2n) is 6.30. The molecule has 0 bridgehead atoms. The minimum Gasteiger partial charge on any atom is -0.389 e. The molecule has 1 N–H and O–H groups in total. The molecule has 0 saturated carbocycles. The molecule has 0 radical (unpaired) electrons. The van der Waals surface area contributed by atoms with Crippen molar-refractivity contribution in [1.82, 2.24) is 9.47 Å². The summed E-state index contributed by atoms with van der Waals surface area (Å²) in [5.74, 6) is 0. The first-order valence-electron chi connectivity index (χ1n) is 8.79. The maximum Gasteiger partial charge on any atom is 0.0900 e. The number of rotatable bonds is 12. The SMILES string of the molecule is COCCCN(Cc1cccn1Cc1ccccc1)CC(O)COC. The molecule has 2 aromatic rings. The minimum absolute atomic E-state index is 0.353. The highest BCUT2D eigenvalue weighted by Crippen LogP contribution is 2.11. The molecule has 1 aromatic heterocycles. The van der Waals surface area contributed by atoms with Crippen LogP contribution in [-0.4, -0.2) is 61.2 Å². The predicted octanol–water partition coefficient (Wildman–Crippen LogP) is 2.38. The van der Waals surface area contributed by atoms with E-state index in [1.165, 1.54) is 11.3 Å². The average Bonchev–Trinajstić information content (AvgIpc) is 3.03. The number of aliphatic hydroxyl groups excluding tert-OH is 1. The molecule has 1 atom stereocenters. The Morgan fingerprint density at radius 2 is 1.88 bits per heavy atom. The van der Waals surface area contributed by atoms with Gasteiger partial charge in [-0.3, -0.25) is 4.90 Å². The zero-order chi connectivity index (χ0) is 17.9. The van der Waals surface area contributed by atoms with Crippen molar-refractivity contribution in [2.75, 3.05) is 40.5 Å². The molecular weight excluding hydrogens is 316 g/mol. The Kier molecular flexibility index (Phi) is 8.69. The van der Waals surface area contributed by atoms with E-state index in [0.717, 1.165) is 32.7 Å². The van der Waals surface area contributed by atoms with Crippen molar-refractivity contribution in [3.8, 4) is 0 Å². The number of ether oxygens (including phenoxy) is 2. The third-order valence-corrected chi connectivity index (χ3v) is 4.16. The van der Waals surface area contributed by atoms with Crippen molar-refractivity contribution in [2.24, 2.45) is 0 Å². The lowest BCUT2D eigenvalue weighted by Gasteiger charge is -2.25.